The molecule has 1 aliphatic heterocycles. The molecule has 1 unspecified atom stereocenters. The summed E-state index contributed by atoms with van der Waals surface area (Å²) in [6, 6.07) is 8.80. The van der Waals surface area contributed by atoms with Crippen molar-refractivity contribution >= 4 is 17.5 Å². The largest absolute Gasteiger partial charge is 0.305 e. The van der Waals surface area contributed by atoms with Crippen molar-refractivity contribution in [2.45, 2.75) is 31.7 Å². The van der Waals surface area contributed by atoms with Crippen LogP contribution in [0.2, 0.25) is 0 Å². The third-order valence-corrected chi connectivity index (χ3v) is 4.04. The van der Waals surface area contributed by atoms with Crippen molar-refractivity contribution in [2.24, 2.45) is 5.92 Å². The Morgan fingerprint density at radius 1 is 1.16 bits per heavy atom. The maximum Gasteiger partial charge on any atom is 0.251 e. The third kappa shape index (κ3) is 2.40. The van der Waals surface area contributed by atoms with Gasteiger partial charge < -0.3 is 5.32 Å². The number of imide groups is 1. The highest BCUT2D eigenvalue weighted by Crippen LogP contribution is 2.27. The Kier molecular flexibility index (Phi) is 3.34. The Morgan fingerprint density at radius 3 is 2.53 bits per heavy atom. The molecule has 0 radical (unpaired) electrons. The van der Waals surface area contributed by atoms with Crippen LogP contribution in [-0.2, 0) is 9.59 Å². The van der Waals surface area contributed by atoms with Gasteiger partial charge in [-0.25, -0.2) is 4.90 Å². The molecule has 1 aromatic carbocycles. The monoisotopic (exact) mass is 258 g/mol. The fourth-order valence-electron chi connectivity index (χ4n) is 2.65. The van der Waals surface area contributed by atoms with Crippen LogP contribution in [0.15, 0.2) is 30.3 Å². The molecule has 100 valence electrons. The molecule has 1 heterocycles. The summed E-state index contributed by atoms with van der Waals surface area (Å²) in [5.41, 5.74) is 0.672. The van der Waals surface area contributed by atoms with Gasteiger partial charge in [0.2, 0.25) is 5.91 Å². The Labute approximate surface area is 112 Å². The fourth-order valence-corrected chi connectivity index (χ4v) is 2.65. The van der Waals surface area contributed by atoms with Gasteiger partial charge in [-0.05, 0) is 37.4 Å². The van der Waals surface area contributed by atoms with E-state index in [4.69, 9.17) is 0 Å². The molecule has 4 heteroatoms. The van der Waals surface area contributed by atoms with E-state index in [1.54, 1.807) is 12.1 Å². The zero-order chi connectivity index (χ0) is 13.2. The molecule has 2 fully saturated rings. The molecule has 19 heavy (non-hydrogen) atoms. The minimum absolute atomic E-state index is 0.109. The molecule has 0 bridgehead atoms. The highest BCUT2D eigenvalue weighted by Gasteiger charge is 2.39. The van der Waals surface area contributed by atoms with Crippen molar-refractivity contribution in [1.29, 1.82) is 0 Å². The van der Waals surface area contributed by atoms with Gasteiger partial charge in [0.15, 0.2) is 0 Å². The first kappa shape index (κ1) is 12.4. The Morgan fingerprint density at radius 2 is 1.89 bits per heavy atom. The number of carbonyl (C=O) groups is 2. The van der Waals surface area contributed by atoms with Crippen molar-refractivity contribution in [3.05, 3.63) is 30.3 Å². The first-order chi connectivity index (χ1) is 9.25. The Bertz CT molecular complexity index is 482. The van der Waals surface area contributed by atoms with Gasteiger partial charge in [0.25, 0.3) is 5.91 Å². The molecule has 1 atom stereocenters. The van der Waals surface area contributed by atoms with Gasteiger partial charge in [-0.1, -0.05) is 24.6 Å². The molecule has 4 nitrogen and oxygen atoms in total. The second-order valence-corrected chi connectivity index (χ2v) is 5.36. The summed E-state index contributed by atoms with van der Waals surface area (Å²) in [6.07, 6.45) is 4.05. The summed E-state index contributed by atoms with van der Waals surface area (Å²) < 4.78 is 0. The Balaban J connectivity index is 1.66. The standard InChI is InChI=1S/C15H18N2O2/c18-14-9-13(16-10-11-5-4-6-11)15(19)17(14)12-7-2-1-3-8-12/h1-3,7-8,11,13,16H,4-6,9-10H2. The van der Waals surface area contributed by atoms with Crippen molar-refractivity contribution in [3.63, 3.8) is 0 Å². The summed E-state index contributed by atoms with van der Waals surface area (Å²) in [6.45, 7) is 0.853. The van der Waals surface area contributed by atoms with Crippen molar-refractivity contribution in [2.75, 3.05) is 11.4 Å². The zero-order valence-corrected chi connectivity index (χ0v) is 10.8. The highest BCUT2D eigenvalue weighted by atomic mass is 16.2. The number of hydrogen-bond acceptors (Lipinski definition) is 3. The van der Waals surface area contributed by atoms with Crippen molar-refractivity contribution in [3.8, 4) is 0 Å². The number of hydrogen-bond donors (Lipinski definition) is 1. The number of rotatable bonds is 4. The fraction of sp³-hybridized carbons (Fsp3) is 0.467. The molecule has 0 spiro atoms. The Hall–Kier alpha value is -1.68. The second kappa shape index (κ2) is 5.13. The lowest BCUT2D eigenvalue weighted by molar-refractivity contribution is -0.121. The first-order valence-corrected chi connectivity index (χ1v) is 6.91. The average molecular weight is 258 g/mol. The summed E-state index contributed by atoms with van der Waals surface area (Å²) in [5, 5.41) is 3.25. The van der Waals surface area contributed by atoms with Crippen LogP contribution in [0.3, 0.4) is 0 Å². The average Bonchev–Trinajstić information content (AvgIpc) is 2.64. The van der Waals surface area contributed by atoms with Gasteiger partial charge in [-0.3, -0.25) is 9.59 Å². The smallest absolute Gasteiger partial charge is 0.251 e. The highest BCUT2D eigenvalue weighted by molar-refractivity contribution is 6.22. The van der Waals surface area contributed by atoms with E-state index in [-0.39, 0.29) is 24.3 Å². The third-order valence-electron chi connectivity index (χ3n) is 4.04. The lowest BCUT2D eigenvalue weighted by Crippen LogP contribution is -2.41. The van der Waals surface area contributed by atoms with Crippen LogP contribution in [0, 0.1) is 5.92 Å². The van der Waals surface area contributed by atoms with Gasteiger partial charge in [0, 0.05) is 0 Å². The summed E-state index contributed by atoms with van der Waals surface area (Å²) >= 11 is 0. The minimum atomic E-state index is -0.340. The number of para-hydroxylation sites is 1. The molecule has 1 aliphatic carbocycles. The SMILES string of the molecule is O=C1CC(NCC2CCC2)C(=O)N1c1ccccc1. The number of nitrogens with zero attached hydrogens (tertiary/aromatic N) is 1. The summed E-state index contributed by atoms with van der Waals surface area (Å²) in [7, 11) is 0. The predicted molar refractivity (Wildman–Crippen MR) is 72.7 cm³/mol. The topological polar surface area (TPSA) is 49.4 Å². The molecule has 0 aromatic heterocycles. The van der Waals surface area contributed by atoms with Gasteiger partial charge in [0.05, 0.1) is 18.2 Å². The molecule has 1 saturated carbocycles. The van der Waals surface area contributed by atoms with Crippen molar-refractivity contribution < 1.29 is 9.59 Å². The molecule has 3 rings (SSSR count). The lowest BCUT2D eigenvalue weighted by atomic mass is 9.85. The molecule has 2 amide bonds. The maximum atomic E-state index is 12.3. The molecule has 2 aliphatic rings. The van der Waals surface area contributed by atoms with E-state index < -0.39 is 0 Å². The second-order valence-electron chi connectivity index (χ2n) is 5.36. The maximum absolute atomic E-state index is 12.3. The van der Waals surface area contributed by atoms with Crippen LogP contribution in [0.5, 0.6) is 0 Å². The van der Waals surface area contributed by atoms with Crippen LogP contribution in [0.1, 0.15) is 25.7 Å². The van der Waals surface area contributed by atoms with Crippen molar-refractivity contribution in [1.82, 2.24) is 5.32 Å². The van der Waals surface area contributed by atoms with Gasteiger partial charge in [0.1, 0.15) is 0 Å². The lowest BCUT2D eigenvalue weighted by Gasteiger charge is -2.26. The first-order valence-electron chi connectivity index (χ1n) is 6.91. The van der Waals surface area contributed by atoms with Crippen LogP contribution in [0.25, 0.3) is 0 Å². The van der Waals surface area contributed by atoms with Gasteiger partial charge in [-0.2, -0.15) is 0 Å². The van der Waals surface area contributed by atoms with E-state index in [0.29, 0.717) is 11.6 Å². The summed E-state index contributed by atoms with van der Waals surface area (Å²) in [5.74, 6) is 0.464. The van der Waals surface area contributed by atoms with E-state index in [1.165, 1.54) is 24.2 Å². The number of benzene rings is 1. The molecule has 1 saturated heterocycles. The van der Waals surface area contributed by atoms with Crippen LogP contribution in [0.4, 0.5) is 5.69 Å². The quantitative estimate of drug-likeness (QED) is 0.836. The van der Waals surface area contributed by atoms with Crippen LogP contribution in [-0.4, -0.2) is 24.4 Å². The number of amides is 2. The predicted octanol–water partition coefficient (Wildman–Crippen LogP) is 1.71. The molecular weight excluding hydrogens is 240 g/mol. The van der Waals surface area contributed by atoms with Gasteiger partial charge in [-0.15, -0.1) is 0 Å². The van der Waals surface area contributed by atoms with Crippen LogP contribution < -0.4 is 10.2 Å². The zero-order valence-electron chi connectivity index (χ0n) is 10.8. The number of carbonyl (C=O) groups excluding carboxylic acids is 2. The molecular formula is C15H18N2O2. The van der Waals surface area contributed by atoms with E-state index >= 15 is 0 Å². The van der Waals surface area contributed by atoms with Crippen LogP contribution >= 0.6 is 0 Å². The van der Waals surface area contributed by atoms with E-state index in [0.717, 1.165) is 6.54 Å². The van der Waals surface area contributed by atoms with E-state index in [2.05, 4.69) is 5.32 Å². The summed E-state index contributed by atoms with van der Waals surface area (Å²) in [4.78, 5) is 25.6. The van der Waals surface area contributed by atoms with E-state index in [9.17, 15) is 9.59 Å². The molecule has 1 N–H and O–H groups in total. The number of nitrogens with one attached hydrogen (secondary N) is 1. The minimum Gasteiger partial charge on any atom is -0.305 e. The van der Waals surface area contributed by atoms with Gasteiger partial charge >= 0.3 is 0 Å². The van der Waals surface area contributed by atoms with E-state index in [1.807, 2.05) is 18.2 Å². The molecule has 1 aromatic rings. The normalized spacial score (nSPS) is 23.8. The number of anilines is 1.